The molecule has 0 heterocycles. The molecule has 0 saturated heterocycles. The molecule has 0 aliphatic rings. The van der Waals surface area contributed by atoms with Gasteiger partial charge in [0, 0.05) is 17.4 Å². The molecule has 15 heavy (non-hydrogen) atoms. The molecule has 0 bridgehead atoms. The lowest BCUT2D eigenvalue weighted by Gasteiger charge is -2.09. The van der Waals surface area contributed by atoms with E-state index in [1.807, 2.05) is 43.3 Å². The second-order valence-corrected chi connectivity index (χ2v) is 3.49. The van der Waals surface area contributed by atoms with Gasteiger partial charge < -0.3 is 10.4 Å². The van der Waals surface area contributed by atoms with Crippen molar-refractivity contribution in [2.75, 3.05) is 5.32 Å². The molecular formula is C13H13NO. The van der Waals surface area contributed by atoms with Crippen LogP contribution < -0.4 is 5.32 Å². The van der Waals surface area contributed by atoms with Crippen LogP contribution in [0.2, 0.25) is 0 Å². The molecule has 0 atom stereocenters. The van der Waals surface area contributed by atoms with Crippen molar-refractivity contribution in [1.29, 1.82) is 0 Å². The van der Waals surface area contributed by atoms with Crippen LogP contribution in [-0.2, 0) is 0 Å². The molecule has 76 valence electrons. The van der Waals surface area contributed by atoms with Gasteiger partial charge >= 0.3 is 0 Å². The fourth-order valence-electron chi connectivity index (χ4n) is 1.45. The zero-order valence-corrected chi connectivity index (χ0v) is 8.57. The molecule has 0 unspecified atom stereocenters. The average Bonchev–Trinajstić information content (AvgIpc) is 2.22. The second-order valence-electron chi connectivity index (χ2n) is 3.49. The molecule has 2 N–H and O–H groups in total. The van der Waals surface area contributed by atoms with E-state index in [2.05, 4.69) is 5.32 Å². The molecule has 0 spiro atoms. The van der Waals surface area contributed by atoms with Crippen molar-refractivity contribution in [3.63, 3.8) is 0 Å². The van der Waals surface area contributed by atoms with Crippen molar-refractivity contribution in [2.24, 2.45) is 0 Å². The summed E-state index contributed by atoms with van der Waals surface area (Å²) in [6.07, 6.45) is 0. The van der Waals surface area contributed by atoms with Crippen LogP contribution in [0.25, 0.3) is 0 Å². The van der Waals surface area contributed by atoms with E-state index >= 15 is 0 Å². The number of benzene rings is 2. The monoisotopic (exact) mass is 199 g/mol. The van der Waals surface area contributed by atoms with Gasteiger partial charge in [0.15, 0.2) is 0 Å². The van der Waals surface area contributed by atoms with Crippen molar-refractivity contribution in [2.45, 2.75) is 6.92 Å². The van der Waals surface area contributed by atoms with Crippen LogP contribution in [0.1, 0.15) is 5.56 Å². The van der Waals surface area contributed by atoms with E-state index in [4.69, 9.17) is 0 Å². The number of phenolic OH excluding ortho intramolecular Hbond substituents is 1. The molecule has 2 heteroatoms. The number of aromatic hydroxyl groups is 1. The van der Waals surface area contributed by atoms with Gasteiger partial charge in [-0.3, -0.25) is 0 Å². The highest BCUT2D eigenvalue weighted by Gasteiger charge is 1.97. The minimum absolute atomic E-state index is 0.272. The van der Waals surface area contributed by atoms with Crippen molar-refractivity contribution in [1.82, 2.24) is 0 Å². The molecule has 2 aromatic carbocycles. The maximum atomic E-state index is 9.32. The van der Waals surface area contributed by atoms with Gasteiger partial charge in [0.1, 0.15) is 5.75 Å². The van der Waals surface area contributed by atoms with Crippen LogP contribution in [0.3, 0.4) is 0 Å². The molecule has 0 aliphatic heterocycles. The zero-order chi connectivity index (χ0) is 10.7. The lowest BCUT2D eigenvalue weighted by molar-refractivity contribution is 0.475. The number of anilines is 2. The number of rotatable bonds is 2. The van der Waals surface area contributed by atoms with E-state index in [0.717, 1.165) is 11.4 Å². The smallest absolute Gasteiger partial charge is 0.117 e. The Morgan fingerprint density at radius 2 is 1.80 bits per heavy atom. The van der Waals surface area contributed by atoms with Crippen LogP contribution in [0.5, 0.6) is 5.75 Å². The summed E-state index contributed by atoms with van der Waals surface area (Å²) in [6.45, 7) is 2.05. The summed E-state index contributed by atoms with van der Waals surface area (Å²) < 4.78 is 0. The van der Waals surface area contributed by atoms with Crippen molar-refractivity contribution in [3.05, 3.63) is 54.1 Å². The molecule has 0 fully saturated rings. The summed E-state index contributed by atoms with van der Waals surface area (Å²) in [5.41, 5.74) is 3.13. The summed E-state index contributed by atoms with van der Waals surface area (Å²) in [6, 6.07) is 15.1. The fraction of sp³-hybridized carbons (Fsp3) is 0.0769. The maximum absolute atomic E-state index is 9.32. The number of nitrogens with one attached hydrogen (secondary N) is 1. The van der Waals surface area contributed by atoms with Gasteiger partial charge in [-0.1, -0.05) is 24.3 Å². The number of para-hydroxylation sites is 1. The highest BCUT2D eigenvalue weighted by molar-refractivity contribution is 5.63. The van der Waals surface area contributed by atoms with E-state index < -0.39 is 0 Å². The zero-order valence-electron chi connectivity index (χ0n) is 8.57. The average molecular weight is 199 g/mol. The third-order valence-electron chi connectivity index (χ3n) is 2.27. The van der Waals surface area contributed by atoms with Gasteiger partial charge in [-0.2, -0.15) is 0 Å². The Hall–Kier alpha value is -1.96. The lowest BCUT2D eigenvalue weighted by Crippen LogP contribution is -1.91. The van der Waals surface area contributed by atoms with Gasteiger partial charge in [-0.25, -0.2) is 0 Å². The third-order valence-corrected chi connectivity index (χ3v) is 2.27. The predicted molar refractivity (Wildman–Crippen MR) is 62.6 cm³/mol. The predicted octanol–water partition coefficient (Wildman–Crippen LogP) is 3.44. The van der Waals surface area contributed by atoms with Crippen LogP contribution in [0, 0.1) is 6.92 Å². The largest absolute Gasteiger partial charge is 0.508 e. The summed E-state index contributed by atoms with van der Waals surface area (Å²) in [7, 11) is 0. The first-order valence-corrected chi connectivity index (χ1v) is 4.87. The summed E-state index contributed by atoms with van der Waals surface area (Å²) in [5.74, 6) is 0.272. The molecule has 2 rings (SSSR count). The SMILES string of the molecule is Cc1ccccc1Nc1cccc(O)c1. The third kappa shape index (κ3) is 2.29. The topological polar surface area (TPSA) is 32.3 Å². The fourth-order valence-corrected chi connectivity index (χ4v) is 1.45. The minimum Gasteiger partial charge on any atom is -0.508 e. The molecule has 2 nitrogen and oxygen atoms in total. The van der Waals surface area contributed by atoms with Crippen molar-refractivity contribution < 1.29 is 5.11 Å². The number of hydrogen-bond donors (Lipinski definition) is 2. The van der Waals surface area contributed by atoms with Crippen molar-refractivity contribution in [3.8, 4) is 5.75 Å². The molecule has 0 aromatic heterocycles. The Morgan fingerprint density at radius 1 is 1.00 bits per heavy atom. The first-order valence-electron chi connectivity index (χ1n) is 4.87. The van der Waals surface area contributed by atoms with Crippen LogP contribution in [-0.4, -0.2) is 5.11 Å². The van der Waals surface area contributed by atoms with E-state index in [1.54, 1.807) is 12.1 Å². The van der Waals surface area contributed by atoms with Gasteiger partial charge in [0.05, 0.1) is 0 Å². The quantitative estimate of drug-likeness (QED) is 0.776. The summed E-state index contributed by atoms with van der Waals surface area (Å²) in [4.78, 5) is 0. The Morgan fingerprint density at radius 3 is 2.53 bits per heavy atom. The number of hydrogen-bond acceptors (Lipinski definition) is 2. The first kappa shape index (κ1) is 9.59. The normalized spacial score (nSPS) is 9.93. The van der Waals surface area contributed by atoms with E-state index in [0.29, 0.717) is 0 Å². The van der Waals surface area contributed by atoms with Gasteiger partial charge in [0.2, 0.25) is 0 Å². The van der Waals surface area contributed by atoms with E-state index in [1.165, 1.54) is 5.56 Å². The standard InChI is InChI=1S/C13H13NO/c1-10-5-2-3-8-13(10)14-11-6-4-7-12(15)9-11/h2-9,14-15H,1H3. The molecular weight excluding hydrogens is 186 g/mol. The maximum Gasteiger partial charge on any atom is 0.117 e. The summed E-state index contributed by atoms with van der Waals surface area (Å²) >= 11 is 0. The van der Waals surface area contributed by atoms with E-state index in [-0.39, 0.29) is 5.75 Å². The Bertz CT molecular complexity index is 466. The molecule has 0 amide bonds. The summed E-state index contributed by atoms with van der Waals surface area (Å²) in [5, 5.41) is 12.6. The van der Waals surface area contributed by atoms with Crippen molar-refractivity contribution >= 4 is 11.4 Å². The van der Waals surface area contributed by atoms with Gasteiger partial charge in [-0.05, 0) is 30.7 Å². The number of aryl methyl sites for hydroxylation is 1. The molecule has 0 aliphatic carbocycles. The first-order chi connectivity index (χ1) is 7.25. The lowest BCUT2D eigenvalue weighted by atomic mass is 10.2. The molecule has 0 radical (unpaired) electrons. The highest BCUT2D eigenvalue weighted by Crippen LogP contribution is 2.22. The minimum atomic E-state index is 0.272. The van der Waals surface area contributed by atoms with Crippen LogP contribution in [0.4, 0.5) is 11.4 Å². The van der Waals surface area contributed by atoms with Crippen LogP contribution >= 0.6 is 0 Å². The van der Waals surface area contributed by atoms with Gasteiger partial charge in [-0.15, -0.1) is 0 Å². The number of phenols is 1. The Balaban J connectivity index is 2.26. The highest BCUT2D eigenvalue weighted by atomic mass is 16.3. The molecule has 0 saturated carbocycles. The van der Waals surface area contributed by atoms with Gasteiger partial charge in [0.25, 0.3) is 0 Å². The van der Waals surface area contributed by atoms with E-state index in [9.17, 15) is 5.11 Å². The Kier molecular flexibility index (Phi) is 2.59. The second kappa shape index (κ2) is 4.05. The van der Waals surface area contributed by atoms with Crippen LogP contribution in [0.15, 0.2) is 48.5 Å². The molecule has 2 aromatic rings. The Labute approximate surface area is 89.2 Å².